The van der Waals surface area contributed by atoms with Gasteiger partial charge < -0.3 is 14.8 Å². The summed E-state index contributed by atoms with van der Waals surface area (Å²) in [4.78, 5) is 31.3. The molecule has 1 amide bonds. The van der Waals surface area contributed by atoms with E-state index in [1.165, 1.54) is 36.8 Å². The largest absolute Gasteiger partial charge is 0.477 e. The van der Waals surface area contributed by atoms with E-state index in [9.17, 15) is 13.2 Å². The first kappa shape index (κ1) is 26.5. The molecule has 40 heavy (non-hydrogen) atoms. The number of ether oxygens (including phenoxy) is 2. The molecule has 2 saturated heterocycles. The molecule has 3 aromatic rings. The molecule has 0 radical (unpaired) electrons. The van der Waals surface area contributed by atoms with Crippen LogP contribution in [0.2, 0.25) is 0 Å². The quantitative estimate of drug-likeness (QED) is 0.395. The lowest BCUT2D eigenvalue weighted by atomic mass is 9.75. The number of nitrogens with one attached hydrogen (secondary N) is 2. The molecule has 1 aromatic carbocycles. The van der Waals surface area contributed by atoms with Gasteiger partial charge in [-0.25, -0.2) is 27.8 Å². The zero-order chi connectivity index (χ0) is 27.9. The predicted octanol–water partition coefficient (Wildman–Crippen LogP) is 3.59. The predicted molar refractivity (Wildman–Crippen MR) is 144 cm³/mol. The van der Waals surface area contributed by atoms with Crippen LogP contribution in [-0.4, -0.2) is 58.3 Å². The Labute approximate surface area is 231 Å². The van der Waals surface area contributed by atoms with Crippen LogP contribution < -0.4 is 14.8 Å². The molecular weight excluding hydrogens is 539 g/mol. The van der Waals surface area contributed by atoms with Crippen LogP contribution >= 0.6 is 0 Å². The number of rotatable bonds is 9. The maximum Gasteiger partial charge on any atom is 0.238 e. The summed E-state index contributed by atoms with van der Waals surface area (Å²) < 4.78 is 54.2. The van der Waals surface area contributed by atoms with E-state index in [-0.39, 0.29) is 29.5 Å². The van der Waals surface area contributed by atoms with Crippen LogP contribution in [0.25, 0.3) is 11.3 Å². The molecule has 1 unspecified atom stereocenters. The summed E-state index contributed by atoms with van der Waals surface area (Å²) in [5.41, 5.74) is -0.332. The second-order valence-electron chi connectivity index (χ2n) is 10.4. The number of hydrogen-bond donors (Lipinski definition) is 2. The Balaban J connectivity index is 1.29. The van der Waals surface area contributed by atoms with Gasteiger partial charge in [-0.15, -0.1) is 0 Å². The van der Waals surface area contributed by atoms with E-state index in [1.54, 1.807) is 6.07 Å². The van der Waals surface area contributed by atoms with E-state index in [0.29, 0.717) is 49.4 Å². The first-order valence-corrected chi connectivity index (χ1v) is 14.9. The van der Waals surface area contributed by atoms with Crippen LogP contribution in [0.15, 0.2) is 42.9 Å². The summed E-state index contributed by atoms with van der Waals surface area (Å²) in [5.74, 6) is -0.503. The SMILES string of the molecule is CCOc1cncc(-c2ccc(NC(=O)C3(c4nccc(NS(=O)(=O)C5CC5)n4)C[C@H]4CC[C@@H](C3)O4)c(F)c2)n1. The summed E-state index contributed by atoms with van der Waals surface area (Å²) in [7, 11) is -3.56. The number of carbonyl (C=O) groups is 1. The molecule has 2 N–H and O–H groups in total. The molecule has 2 bridgehead atoms. The third-order valence-electron chi connectivity index (χ3n) is 7.49. The van der Waals surface area contributed by atoms with E-state index < -0.39 is 32.4 Å². The van der Waals surface area contributed by atoms with E-state index in [0.717, 1.165) is 12.8 Å². The number of nitrogens with zero attached hydrogens (tertiary/aromatic N) is 4. The molecule has 3 fully saturated rings. The van der Waals surface area contributed by atoms with Gasteiger partial charge in [-0.2, -0.15) is 0 Å². The van der Waals surface area contributed by atoms with E-state index >= 15 is 4.39 Å². The summed E-state index contributed by atoms with van der Waals surface area (Å²) in [5, 5.41) is 2.32. The maximum absolute atomic E-state index is 15.3. The summed E-state index contributed by atoms with van der Waals surface area (Å²) in [6.45, 7) is 2.25. The first-order chi connectivity index (χ1) is 19.3. The average molecular weight is 569 g/mol. The maximum atomic E-state index is 15.3. The van der Waals surface area contributed by atoms with Gasteiger partial charge in [0.1, 0.15) is 22.9 Å². The number of amides is 1. The minimum atomic E-state index is -3.56. The topological polar surface area (TPSA) is 145 Å². The van der Waals surface area contributed by atoms with Gasteiger partial charge in [-0.3, -0.25) is 14.5 Å². The van der Waals surface area contributed by atoms with Gasteiger partial charge in [0, 0.05) is 11.8 Å². The Morgan fingerprint density at radius 2 is 1.90 bits per heavy atom. The third kappa shape index (κ3) is 5.22. The summed E-state index contributed by atoms with van der Waals surface area (Å²) >= 11 is 0. The second kappa shape index (κ2) is 10.4. The van der Waals surface area contributed by atoms with Gasteiger partial charge >= 0.3 is 0 Å². The lowest BCUT2D eigenvalue weighted by molar-refractivity contribution is -0.129. The molecule has 3 atom stereocenters. The van der Waals surface area contributed by atoms with Crippen molar-refractivity contribution in [3.05, 3.63) is 54.5 Å². The van der Waals surface area contributed by atoms with Crippen LogP contribution in [0, 0.1) is 5.82 Å². The zero-order valence-corrected chi connectivity index (χ0v) is 22.7. The van der Waals surface area contributed by atoms with Gasteiger partial charge in [0.15, 0.2) is 0 Å². The van der Waals surface area contributed by atoms with E-state index in [1.807, 2.05) is 6.92 Å². The number of sulfonamides is 1. The fraction of sp³-hybridized carbons (Fsp3) is 0.444. The molecule has 0 spiro atoms. The number of carbonyl (C=O) groups excluding carboxylic acids is 1. The molecular formula is C27H29FN6O5S. The van der Waals surface area contributed by atoms with Gasteiger partial charge in [0.25, 0.3) is 0 Å². The van der Waals surface area contributed by atoms with Crippen LogP contribution in [0.4, 0.5) is 15.9 Å². The molecule has 11 nitrogen and oxygen atoms in total. The van der Waals surface area contributed by atoms with Crippen LogP contribution in [-0.2, 0) is 25.0 Å². The van der Waals surface area contributed by atoms with E-state index in [4.69, 9.17) is 9.47 Å². The minimum Gasteiger partial charge on any atom is -0.477 e. The summed E-state index contributed by atoms with van der Waals surface area (Å²) in [6, 6.07) is 5.85. The van der Waals surface area contributed by atoms with Gasteiger partial charge in [0.2, 0.25) is 21.8 Å². The molecule has 1 saturated carbocycles. The molecule has 13 heteroatoms. The van der Waals surface area contributed by atoms with Crippen LogP contribution in [0.5, 0.6) is 5.88 Å². The molecule has 6 rings (SSSR count). The lowest BCUT2D eigenvalue weighted by Crippen LogP contribution is -2.49. The van der Waals surface area contributed by atoms with Crippen molar-refractivity contribution in [1.82, 2.24) is 19.9 Å². The van der Waals surface area contributed by atoms with Crippen molar-refractivity contribution in [3.63, 3.8) is 0 Å². The van der Waals surface area contributed by atoms with Crippen LogP contribution in [0.3, 0.4) is 0 Å². The zero-order valence-electron chi connectivity index (χ0n) is 21.8. The highest BCUT2D eigenvalue weighted by molar-refractivity contribution is 7.93. The van der Waals surface area contributed by atoms with Crippen molar-refractivity contribution in [2.75, 3.05) is 16.6 Å². The smallest absolute Gasteiger partial charge is 0.238 e. The van der Waals surface area contributed by atoms with Crippen molar-refractivity contribution >= 4 is 27.4 Å². The van der Waals surface area contributed by atoms with Crippen molar-refractivity contribution in [3.8, 4) is 17.1 Å². The monoisotopic (exact) mass is 568 g/mol. The highest BCUT2D eigenvalue weighted by Crippen LogP contribution is 2.45. The minimum absolute atomic E-state index is 0.00789. The molecule has 2 aliphatic heterocycles. The number of anilines is 2. The highest BCUT2D eigenvalue weighted by atomic mass is 32.2. The van der Waals surface area contributed by atoms with Gasteiger partial charge in [-0.1, -0.05) is 6.07 Å². The standard InChI is InChI=1S/C27H29FN6O5S/c1-2-38-24-15-29-14-22(31-24)16-3-8-21(20(28)11-16)32-26(35)27(12-17-4-5-18(13-27)39-17)25-30-10-9-23(33-25)34-40(36,37)19-6-7-19/h3,8-11,14-15,17-19H,2,4-7,12-13H2,1H3,(H,32,35)(H,30,33,34)/t17-,18+,27?. The third-order valence-corrected chi connectivity index (χ3v) is 9.34. The normalized spacial score (nSPS) is 23.9. The number of benzene rings is 1. The van der Waals surface area contributed by atoms with E-state index in [2.05, 4.69) is 30.0 Å². The Morgan fingerprint density at radius 3 is 2.60 bits per heavy atom. The molecule has 3 aliphatic rings. The number of halogens is 1. The van der Waals surface area contributed by atoms with Gasteiger partial charge in [0.05, 0.1) is 47.8 Å². The lowest BCUT2D eigenvalue weighted by Gasteiger charge is -2.38. The van der Waals surface area contributed by atoms with Crippen LogP contribution in [0.1, 0.15) is 51.3 Å². The number of hydrogen-bond acceptors (Lipinski definition) is 9. The Kier molecular flexibility index (Phi) is 6.87. The fourth-order valence-corrected chi connectivity index (χ4v) is 6.71. The number of aromatic nitrogens is 4. The Bertz CT molecular complexity index is 1540. The first-order valence-electron chi connectivity index (χ1n) is 13.3. The fourth-order valence-electron chi connectivity index (χ4n) is 5.39. The Hall–Kier alpha value is -3.71. The Morgan fingerprint density at radius 1 is 1.12 bits per heavy atom. The van der Waals surface area contributed by atoms with Crippen molar-refractivity contribution in [2.45, 2.75) is 68.3 Å². The van der Waals surface area contributed by atoms with Crippen molar-refractivity contribution < 1.29 is 27.1 Å². The second-order valence-corrected chi connectivity index (χ2v) is 12.3. The van der Waals surface area contributed by atoms with Crippen molar-refractivity contribution in [2.24, 2.45) is 0 Å². The molecule has 210 valence electrons. The molecule has 4 heterocycles. The number of fused-ring (bicyclic) bond motifs is 2. The highest BCUT2D eigenvalue weighted by Gasteiger charge is 2.53. The van der Waals surface area contributed by atoms with Gasteiger partial charge in [-0.05, 0) is 63.6 Å². The molecule has 2 aromatic heterocycles. The molecule has 1 aliphatic carbocycles. The van der Waals surface area contributed by atoms with Crippen molar-refractivity contribution in [1.29, 1.82) is 0 Å². The summed E-state index contributed by atoms with van der Waals surface area (Å²) in [6.07, 6.45) is 7.46. The average Bonchev–Trinajstić information content (AvgIpc) is 3.75.